The van der Waals surface area contributed by atoms with Gasteiger partial charge < -0.3 is 4.98 Å². The maximum absolute atomic E-state index is 12.7. The molecule has 0 atom stereocenters. The van der Waals surface area contributed by atoms with Gasteiger partial charge in [0.15, 0.2) is 5.43 Å². The molecule has 2 heteroatoms. The Balaban J connectivity index is 2.15. The van der Waals surface area contributed by atoms with Gasteiger partial charge in [-0.25, -0.2) is 0 Å². The molecule has 0 spiro atoms. The highest BCUT2D eigenvalue weighted by molar-refractivity contribution is 6.05. The minimum absolute atomic E-state index is 0.237. The third kappa shape index (κ3) is 1.68. The van der Waals surface area contributed by atoms with Crippen molar-refractivity contribution in [2.24, 2.45) is 0 Å². The fourth-order valence-corrected chi connectivity index (χ4v) is 3.38. The molecule has 0 fully saturated rings. The van der Waals surface area contributed by atoms with Crippen LogP contribution < -0.4 is 5.43 Å². The quantitative estimate of drug-likeness (QED) is 0.483. The number of aromatic amines is 1. The Hall–Kier alpha value is -2.09. The Morgan fingerprint density at radius 2 is 1.70 bits per heavy atom. The molecule has 2 nitrogen and oxygen atoms in total. The minimum Gasteiger partial charge on any atom is -0.357 e. The molecule has 0 radical (unpaired) electrons. The third-order valence-corrected chi connectivity index (χ3v) is 4.44. The second kappa shape index (κ2) is 4.48. The van der Waals surface area contributed by atoms with Crippen molar-refractivity contribution in [2.45, 2.75) is 32.1 Å². The van der Waals surface area contributed by atoms with E-state index in [2.05, 4.69) is 23.2 Å². The maximum Gasteiger partial charge on any atom is 0.192 e. The van der Waals surface area contributed by atoms with Crippen molar-refractivity contribution >= 4 is 21.7 Å². The molecular formula is C18H17NO. The topological polar surface area (TPSA) is 32.9 Å². The predicted octanol–water partition coefficient (Wildman–Crippen LogP) is 3.95. The number of hydrogen-bond acceptors (Lipinski definition) is 1. The zero-order chi connectivity index (χ0) is 13.5. The summed E-state index contributed by atoms with van der Waals surface area (Å²) in [6, 6.07) is 12.3. The lowest BCUT2D eigenvalue weighted by molar-refractivity contribution is 0.708. The van der Waals surface area contributed by atoms with E-state index in [1.54, 1.807) is 0 Å². The van der Waals surface area contributed by atoms with Crippen molar-refractivity contribution in [3.05, 3.63) is 57.9 Å². The first kappa shape index (κ1) is 11.7. The van der Waals surface area contributed by atoms with E-state index < -0.39 is 0 Å². The van der Waals surface area contributed by atoms with Crippen LogP contribution in [0.15, 0.2) is 41.2 Å². The molecule has 1 heterocycles. The molecule has 2 aromatic carbocycles. The van der Waals surface area contributed by atoms with Gasteiger partial charge in [0.25, 0.3) is 0 Å². The van der Waals surface area contributed by atoms with Gasteiger partial charge in [-0.3, -0.25) is 4.79 Å². The van der Waals surface area contributed by atoms with E-state index in [4.69, 9.17) is 0 Å². The Kier molecular flexibility index (Phi) is 2.62. The summed E-state index contributed by atoms with van der Waals surface area (Å²) in [5, 5.41) is 3.17. The van der Waals surface area contributed by atoms with Gasteiger partial charge in [-0.1, -0.05) is 36.8 Å². The summed E-state index contributed by atoms with van der Waals surface area (Å²) in [5.41, 5.74) is 3.43. The molecule has 0 saturated carbocycles. The fraction of sp³-hybridized carbons (Fsp3) is 0.278. The van der Waals surface area contributed by atoms with Crippen LogP contribution in [0.3, 0.4) is 0 Å². The van der Waals surface area contributed by atoms with Crippen LogP contribution >= 0.6 is 0 Å². The van der Waals surface area contributed by atoms with Crippen molar-refractivity contribution in [2.75, 3.05) is 0 Å². The largest absolute Gasteiger partial charge is 0.357 e. The standard InChI is InChI=1S/C18H17NO/c20-18-14-8-2-1-3-9-16(14)19-17-13-7-5-4-6-12(13)10-11-15(17)18/h4-7,10-11H,1-3,8-9H2,(H,19,20). The van der Waals surface area contributed by atoms with Gasteiger partial charge in [-0.15, -0.1) is 0 Å². The van der Waals surface area contributed by atoms with Gasteiger partial charge >= 0.3 is 0 Å². The number of rotatable bonds is 0. The first-order valence-corrected chi connectivity index (χ1v) is 7.40. The zero-order valence-corrected chi connectivity index (χ0v) is 11.4. The van der Waals surface area contributed by atoms with E-state index in [9.17, 15) is 4.79 Å². The number of nitrogens with one attached hydrogen (secondary N) is 1. The van der Waals surface area contributed by atoms with E-state index in [0.29, 0.717) is 0 Å². The number of fused-ring (bicyclic) bond motifs is 4. The van der Waals surface area contributed by atoms with Crippen molar-refractivity contribution in [3.8, 4) is 0 Å². The number of hydrogen-bond donors (Lipinski definition) is 1. The van der Waals surface area contributed by atoms with E-state index in [0.717, 1.165) is 46.8 Å². The molecule has 1 N–H and O–H groups in total. The number of benzene rings is 2. The maximum atomic E-state index is 12.7. The van der Waals surface area contributed by atoms with Crippen molar-refractivity contribution in [3.63, 3.8) is 0 Å². The second-order valence-electron chi connectivity index (χ2n) is 5.68. The van der Waals surface area contributed by atoms with Gasteiger partial charge in [0.1, 0.15) is 0 Å². The molecule has 20 heavy (non-hydrogen) atoms. The summed E-state index contributed by atoms with van der Waals surface area (Å²) in [6.45, 7) is 0. The number of aromatic nitrogens is 1. The summed E-state index contributed by atoms with van der Waals surface area (Å²) in [4.78, 5) is 16.3. The number of pyridine rings is 1. The average Bonchev–Trinajstić information content (AvgIpc) is 2.73. The van der Waals surface area contributed by atoms with Crippen LogP contribution in [0.25, 0.3) is 21.7 Å². The highest BCUT2D eigenvalue weighted by atomic mass is 16.1. The van der Waals surface area contributed by atoms with E-state index in [1.807, 2.05) is 18.2 Å². The number of H-pyrrole nitrogens is 1. The molecule has 0 amide bonds. The molecule has 1 aliphatic rings. The minimum atomic E-state index is 0.237. The average molecular weight is 263 g/mol. The van der Waals surface area contributed by atoms with Crippen LogP contribution in [-0.4, -0.2) is 4.98 Å². The van der Waals surface area contributed by atoms with Crippen LogP contribution in [0.1, 0.15) is 30.5 Å². The lowest BCUT2D eigenvalue weighted by Crippen LogP contribution is -2.14. The van der Waals surface area contributed by atoms with Gasteiger partial charge in [0.05, 0.1) is 5.52 Å². The molecule has 0 unspecified atom stereocenters. The Morgan fingerprint density at radius 3 is 2.65 bits per heavy atom. The van der Waals surface area contributed by atoms with Crippen LogP contribution in [-0.2, 0) is 12.8 Å². The van der Waals surface area contributed by atoms with Crippen molar-refractivity contribution < 1.29 is 0 Å². The fourth-order valence-electron chi connectivity index (χ4n) is 3.38. The highest BCUT2D eigenvalue weighted by Gasteiger charge is 2.15. The Bertz CT molecular complexity index is 860. The van der Waals surface area contributed by atoms with Crippen LogP contribution in [0.5, 0.6) is 0 Å². The molecule has 1 aliphatic carbocycles. The van der Waals surface area contributed by atoms with Crippen molar-refractivity contribution in [1.29, 1.82) is 0 Å². The van der Waals surface area contributed by atoms with Crippen LogP contribution in [0, 0.1) is 0 Å². The summed E-state index contributed by atoms with van der Waals surface area (Å²) >= 11 is 0. The van der Waals surface area contributed by atoms with E-state index in [-0.39, 0.29) is 5.43 Å². The summed E-state index contributed by atoms with van der Waals surface area (Å²) in [7, 11) is 0. The molecule has 0 saturated heterocycles. The summed E-state index contributed by atoms with van der Waals surface area (Å²) < 4.78 is 0. The summed E-state index contributed by atoms with van der Waals surface area (Å²) in [5.74, 6) is 0. The molecule has 4 rings (SSSR count). The Morgan fingerprint density at radius 1 is 0.850 bits per heavy atom. The molecule has 0 aliphatic heterocycles. The summed E-state index contributed by atoms with van der Waals surface area (Å²) in [6.07, 6.45) is 5.46. The highest BCUT2D eigenvalue weighted by Crippen LogP contribution is 2.25. The first-order valence-electron chi connectivity index (χ1n) is 7.40. The van der Waals surface area contributed by atoms with Crippen molar-refractivity contribution in [1.82, 2.24) is 4.98 Å². The van der Waals surface area contributed by atoms with Crippen LogP contribution in [0.4, 0.5) is 0 Å². The lowest BCUT2D eigenvalue weighted by atomic mass is 10.0. The first-order chi connectivity index (χ1) is 9.84. The number of aryl methyl sites for hydroxylation is 1. The molecule has 100 valence electrons. The lowest BCUT2D eigenvalue weighted by Gasteiger charge is -2.10. The molecule has 1 aromatic heterocycles. The Labute approximate surface area is 117 Å². The normalized spacial score (nSPS) is 15.2. The second-order valence-corrected chi connectivity index (χ2v) is 5.68. The molecule has 0 bridgehead atoms. The molecular weight excluding hydrogens is 246 g/mol. The van der Waals surface area contributed by atoms with E-state index in [1.165, 1.54) is 18.2 Å². The monoisotopic (exact) mass is 263 g/mol. The SMILES string of the molecule is O=c1c2c([nH]c3c1ccc1ccccc13)CCCCC2. The van der Waals surface area contributed by atoms with Gasteiger partial charge in [0.2, 0.25) is 0 Å². The van der Waals surface area contributed by atoms with Gasteiger partial charge in [-0.2, -0.15) is 0 Å². The zero-order valence-electron chi connectivity index (χ0n) is 11.4. The van der Waals surface area contributed by atoms with Crippen LogP contribution in [0.2, 0.25) is 0 Å². The smallest absolute Gasteiger partial charge is 0.192 e. The van der Waals surface area contributed by atoms with Gasteiger partial charge in [0, 0.05) is 22.0 Å². The predicted molar refractivity (Wildman–Crippen MR) is 83.3 cm³/mol. The third-order valence-electron chi connectivity index (χ3n) is 4.44. The van der Waals surface area contributed by atoms with E-state index >= 15 is 0 Å². The van der Waals surface area contributed by atoms with Gasteiger partial charge in [-0.05, 0) is 37.1 Å². The molecule has 3 aromatic rings.